The first kappa shape index (κ1) is 24.8. The number of nitrogen functional groups attached to an aromatic ring is 1. The number of hydrogen-bond donors (Lipinski definition) is 2. The van der Waals surface area contributed by atoms with Crippen LogP contribution in [0.4, 0.5) is 24.7 Å². The van der Waals surface area contributed by atoms with Crippen molar-refractivity contribution in [2.75, 3.05) is 44.6 Å². The summed E-state index contributed by atoms with van der Waals surface area (Å²) in [7, 11) is 1.54. The average molecular weight is 492 g/mol. The van der Waals surface area contributed by atoms with Crippen LogP contribution in [0, 0.1) is 6.92 Å². The molecule has 0 radical (unpaired) electrons. The lowest BCUT2D eigenvalue weighted by molar-refractivity contribution is -0.137. The number of nitrogens with two attached hydrogens (primary N) is 1. The lowest BCUT2D eigenvalue weighted by Gasteiger charge is -2.24. The number of fused-ring (bicyclic) bond motifs is 1. The van der Waals surface area contributed by atoms with Crippen LogP contribution in [0.3, 0.4) is 0 Å². The second-order valence-electron chi connectivity index (χ2n) is 8.27. The maximum atomic E-state index is 13.3. The molecule has 0 amide bonds. The molecule has 3 aromatic rings. The Morgan fingerprint density at radius 3 is 2.66 bits per heavy atom. The van der Waals surface area contributed by atoms with E-state index in [1.165, 1.54) is 13.2 Å². The Balaban J connectivity index is 1.70. The number of hydrogen-bond acceptors (Lipinski definition) is 8. The number of methoxy groups -OCH3 is 1. The first-order valence-electron chi connectivity index (χ1n) is 11.1. The monoisotopic (exact) mass is 492 g/mol. The van der Waals surface area contributed by atoms with Gasteiger partial charge in [0.15, 0.2) is 0 Å². The maximum absolute atomic E-state index is 13.3. The minimum atomic E-state index is -4.51. The molecular weight excluding hydrogens is 465 g/mol. The smallest absolute Gasteiger partial charge is 0.416 e. The molecule has 2 heterocycles. The van der Waals surface area contributed by atoms with E-state index in [2.05, 4.69) is 15.3 Å². The van der Waals surface area contributed by atoms with E-state index in [0.717, 1.165) is 12.1 Å². The van der Waals surface area contributed by atoms with Crippen LogP contribution in [0.2, 0.25) is 0 Å². The van der Waals surface area contributed by atoms with E-state index in [0.29, 0.717) is 59.4 Å². The summed E-state index contributed by atoms with van der Waals surface area (Å²) in [5.41, 5.74) is 5.90. The Hall–Kier alpha value is -3.31. The zero-order chi connectivity index (χ0) is 25.2. The minimum Gasteiger partial charge on any atom is -0.497 e. The van der Waals surface area contributed by atoms with Crippen LogP contribution in [0.15, 0.2) is 30.3 Å². The van der Waals surface area contributed by atoms with Gasteiger partial charge in [-0.1, -0.05) is 0 Å². The quantitative estimate of drug-likeness (QED) is 0.465. The molecule has 0 bridgehead atoms. The maximum Gasteiger partial charge on any atom is 0.416 e. The van der Waals surface area contributed by atoms with E-state index >= 15 is 0 Å². The van der Waals surface area contributed by atoms with Gasteiger partial charge in [0.1, 0.15) is 35.9 Å². The van der Waals surface area contributed by atoms with Crippen molar-refractivity contribution < 1.29 is 32.1 Å². The fourth-order valence-corrected chi connectivity index (χ4v) is 3.85. The molecule has 0 saturated carbocycles. The molecular formula is C24H27F3N4O4. The lowest BCUT2D eigenvalue weighted by Crippen LogP contribution is -2.33. The fraction of sp³-hybridized carbons (Fsp3) is 0.417. The van der Waals surface area contributed by atoms with E-state index in [-0.39, 0.29) is 18.4 Å². The molecule has 1 aliphatic rings. The molecule has 0 spiro atoms. The number of ether oxygens (including phenoxy) is 4. The summed E-state index contributed by atoms with van der Waals surface area (Å²) in [6.07, 6.45) is -4.75. The number of aromatic nitrogens is 2. The molecule has 1 saturated heterocycles. The Bertz CT molecular complexity index is 1200. The van der Waals surface area contributed by atoms with Crippen molar-refractivity contribution in [1.82, 2.24) is 9.97 Å². The first-order valence-corrected chi connectivity index (χ1v) is 11.1. The second kappa shape index (κ2) is 10.1. The van der Waals surface area contributed by atoms with Gasteiger partial charge in [-0.25, -0.2) is 9.97 Å². The molecule has 2 atom stereocenters. The van der Waals surface area contributed by atoms with Crippen molar-refractivity contribution in [1.29, 1.82) is 0 Å². The standard InChI is InChI=1S/C24H27F3N4O4/c1-13(15-6-16(24(25,26)27)8-17(28)7-15)29-23-22-20(30-14(2)31-23)9-18(32-3)10-21(22)35-12-19-11-33-4-5-34-19/h6-10,13,19H,4-5,11-12,28H2,1-3H3,(H,29,30,31)/t13-,19+/m1/s1. The number of rotatable bonds is 7. The summed E-state index contributed by atoms with van der Waals surface area (Å²) >= 11 is 0. The molecule has 35 heavy (non-hydrogen) atoms. The van der Waals surface area contributed by atoms with Crippen LogP contribution in [0.5, 0.6) is 11.5 Å². The van der Waals surface area contributed by atoms with Gasteiger partial charge in [-0.15, -0.1) is 0 Å². The lowest BCUT2D eigenvalue weighted by atomic mass is 10.0. The van der Waals surface area contributed by atoms with E-state index in [1.807, 2.05) is 0 Å². The van der Waals surface area contributed by atoms with Crippen molar-refractivity contribution >= 4 is 22.4 Å². The van der Waals surface area contributed by atoms with E-state index < -0.39 is 17.8 Å². The predicted octanol–water partition coefficient (Wildman–Crippen LogP) is 4.52. The summed E-state index contributed by atoms with van der Waals surface area (Å²) in [4.78, 5) is 9.02. The number of anilines is 2. The Morgan fingerprint density at radius 1 is 1.17 bits per heavy atom. The van der Waals surface area contributed by atoms with Gasteiger partial charge in [0.2, 0.25) is 0 Å². The number of aryl methyl sites for hydroxylation is 1. The van der Waals surface area contributed by atoms with Gasteiger partial charge in [-0.3, -0.25) is 0 Å². The molecule has 11 heteroatoms. The highest BCUT2D eigenvalue weighted by atomic mass is 19.4. The highest BCUT2D eigenvalue weighted by Gasteiger charge is 2.31. The number of halogens is 3. The summed E-state index contributed by atoms with van der Waals surface area (Å²) in [5.74, 6) is 1.87. The van der Waals surface area contributed by atoms with Crippen molar-refractivity contribution in [3.05, 3.63) is 47.3 Å². The Morgan fingerprint density at radius 2 is 1.97 bits per heavy atom. The molecule has 1 aromatic heterocycles. The van der Waals surface area contributed by atoms with Crippen LogP contribution in [-0.4, -0.2) is 49.6 Å². The summed E-state index contributed by atoms with van der Waals surface area (Å²) in [5, 5.41) is 3.78. The highest BCUT2D eigenvalue weighted by molar-refractivity contribution is 5.96. The number of alkyl halides is 3. The normalized spacial score (nSPS) is 17.3. The van der Waals surface area contributed by atoms with E-state index in [1.54, 1.807) is 26.0 Å². The Kier molecular flexibility index (Phi) is 7.18. The predicted molar refractivity (Wildman–Crippen MR) is 125 cm³/mol. The topological polar surface area (TPSA) is 101 Å². The fourth-order valence-electron chi connectivity index (χ4n) is 3.85. The molecule has 2 aromatic carbocycles. The molecule has 0 unspecified atom stereocenters. The molecule has 188 valence electrons. The van der Waals surface area contributed by atoms with Crippen molar-refractivity contribution in [2.24, 2.45) is 0 Å². The molecule has 1 fully saturated rings. The summed E-state index contributed by atoms with van der Waals surface area (Å²) in [6, 6.07) is 6.39. The third kappa shape index (κ3) is 5.85. The van der Waals surface area contributed by atoms with Crippen molar-refractivity contribution in [2.45, 2.75) is 32.2 Å². The number of nitrogens with zero attached hydrogens (tertiary/aromatic N) is 2. The van der Waals surface area contributed by atoms with Crippen LogP contribution < -0.4 is 20.5 Å². The van der Waals surface area contributed by atoms with Crippen molar-refractivity contribution in [3.8, 4) is 11.5 Å². The second-order valence-corrected chi connectivity index (χ2v) is 8.27. The van der Waals surface area contributed by atoms with Crippen LogP contribution >= 0.6 is 0 Å². The van der Waals surface area contributed by atoms with Gasteiger partial charge in [0.25, 0.3) is 0 Å². The number of nitrogens with one attached hydrogen (secondary N) is 1. The largest absolute Gasteiger partial charge is 0.497 e. The van der Waals surface area contributed by atoms with Gasteiger partial charge in [0.05, 0.1) is 49.4 Å². The van der Waals surface area contributed by atoms with Gasteiger partial charge in [-0.05, 0) is 37.6 Å². The summed E-state index contributed by atoms with van der Waals surface area (Å²) in [6.45, 7) is 5.13. The third-order valence-electron chi connectivity index (χ3n) is 5.55. The number of benzene rings is 2. The zero-order valence-electron chi connectivity index (χ0n) is 19.6. The van der Waals surface area contributed by atoms with Gasteiger partial charge < -0.3 is 30.0 Å². The third-order valence-corrected chi connectivity index (χ3v) is 5.55. The highest BCUT2D eigenvalue weighted by Crippen LogP contribution is 2.37. The zero-order valence-corrected chi connectivity index (χ0v) is 19.6. The van der Waals surface area contributed by atoms with E-state index in [9.17, 15) is 13.2 Å². The van der Waals surface area contributed by atoms with Gasteiger partial charge in [-0.2, -0.15) is 13.2 Å². The molecule has 8 nitrogen and oxygen atoms in total. The average Bonchev–Trinajstić information content (AvgIpc) is 2.81. The van der Waals surface area contributed by atoms with Crippen LogP contribution in [0.25, 0.3) is 10.9 Å². The summed E-state index contributed by atoms with van der Waals surface area (Å²) < 4.78 is 62.5. The van der Waals surface area contributed by atoms with E-state index in [4.69, 9.17) is 24.7 Å². The molecule has 4 rings (SSSR count). The Labute approximate surface area is 200 Å². The molecule has 3 N–H and O–H groups in total. The molecule has 1 aliphatic heterocycles. The molecule has 0 aliphatic carbocycles. The van der Waals surface area contributed by atoms with Crippen molar-refractivity contribution in [3.63, 3.8) is 0 Å². The van der Waals surface area contributed by atoms with Gasteiger partial charge in [0, 0.05) is 17.8 Å². The van der Waals surface area contributed by atoms with Crippen LogP contribution in [0.1, 0.15) is 29.9 Å². The SMILES string of the molecule is COc1cc(OC[C@@H]2COCCO2)c2c(N[C@H](C)c3cc(N)cc(C(F)(F)F)c3)nc(C)nc2c1. The van der Waals surface area contributed by atoms with Crippen LogP contribution in [-0.2, 0) is 15.7 Å². The first-order chi connectivity index (χ1) is 16.6. The minimum absolute atomic E-state index is 0.0238. The van der Waals surface area contributed by atoms with Gasteiger partial charge >= 0.3 is 6.18 Å².